The molecule has 3 nitrogen and oxygen atoms in total. The molecular formula is C10H8F3N3S. The maximum absolute atomic E-state index is 12.7. The standard InChI is InChI=1S/C10H8F3N3S/c11-10(12,13)7-2-1-3-16-6(4-8(14)17)5-15-9(7)16/h1-3,5H,4H2,(H2,14,17). The second-order valence-electron chi connectivity index (χ2n) is 3.51. The summed E-state index contributed by atoms with van der Waals surface area (Å²) >= 11 is 4.73. The third-order valence-corrected chi connectivity index (χ3v) is 2.42. The van der Waals surface area contributed by atoms with Gasteiger partial charge in [0.25, 0.3) is 0 Å². The van der Waals surface area contributed by atoms with Gasteiger partial charge in [0.15, 0.2) is 0 Å². The zero-order valence-corrected chi connectivity index (χ0v) is 9.35. The molecule has 0 aliphatic heterocycles. The quantitative estimate of drug-likeness (QED) is 0.841. The summed E-state index contributed by atoms with van der Waals surface area (Å²) in [6.45, 7) is 0. The number of thiocarbonyl (C=S) groups is 1. The Kier molecular flexibility index (Phi) is 2.78. The van der Waals surface area contributed by atoms with E-state index in [1.807, 2.05) is 0 Å². The molecule has 0 amide bonds. The first-order valence-corrected chi connectivity index (χ1v) is 5.11. The molecule has 0 saturated heterocycles. The molecule has 0 bridgehead atoms. The number of pyridine rings is 1. The number of nitrogens with zero attached hydrogens (tertiary/aromatic N) is 2. The van der Waals surface area contributed by atoms with E-state index in [9.17, 15) is 13.2 Å². The van der Waals surface area contributed by atoms with Crippen molar-refractivity contribution < 1.29 is 13.2 Å². The Labute approximate surface area is 100 Å². The number of fused-ring (bicyclic) bond motifs is 1. The van der Waals surface area contributed by atoms with Crippen LogP contribution in [0.15, 0.2) is 24.5 Å². The van der Waals surface area contributed by atoms with E-state index in [0.29, 0.717) is 5.69 Å². The molecule has 2 aromatic heterocycles. The Bertz CT molecular complexity index is 574. The van der Waals surface area contributed by atoms with Crippen molar-refractivity contribution >= 4 is 22.9 Å². The van der Waals surface area contributed by atoms with Crippen LogP contribution in [0.5, 0.6) is 0 Å². The molecule has 0 saturated carbocycles. The summed E-state index contributed by atoms with van der Waals surface area (Å²) < 4.78 is 39.4. The molecule has 0 aliphatic rings. The minimum Gasteiger partial charge on any atom is -0.393 e. The molecular weight excluding hydrogens is 251 g/mol. The van der Waals surface area contributed by atoms with Gasteiger partial charge in [-0.3, -0.25) is 0 Å². The van der Waals surface area contributed by atoms with Crippen molar-refractivity contribution in [2.75, 3.05) is 0 Å². The van der Waals surface area contributed by atoms with Crippen LogP contribution in [-0.4, -0.2) is 14.4 Å². The largest absolute Gasteiger partial charge is 0.419 e. The van der Waals surface area contributed by atoms with Gasteiger partial charge >= 0.3 is 6.18 Å². The fourth-order valence-electron chi connectivity index (χ4n) is 1.59. The van der Waals surface area contributed by atoms with E-state index in [4.69, 9.17) is 18.0 Å². The second kappa shape index (κ2) is 3.99. The van der Waals surface area contributed by atoms with Gasteiger partial charge in [0.2, 0.25) is 0 Å². The smallest absolute Gasteiger partial charge is 0.393 e. The average molecular weight is 259 g/mol. The second-order valence-corrected chi connectivity index (χ2v) is 4.03. The minimum atomic E-state index is -4.42. The van der Waals surface area contributed by atoms with Crippen LogP contribution in [0.4, 0.5) is 13.2 Å². The number of nitrogens with two attached hydrogens (primary N) is 1. The summed E-state index contributed by atoms with van der Waals surface area (Å²) in [5, 5.41) is 0. The fraction of sp³-hybridized carbons (Fsp3) is 0.200. The molecule has 0 aromatic carbocycles. The monoisotopic (exact) mass is 259 g/mol. The molecule has 2 aromatic rings. The van der Waals surface area contributed by atoms with Gasteiger partial charge in [-0.15, -0.1) is 0 Å². The molecule has 0 radical (unpaired) electrons. The molecule has 2 heterocycles. The molecule has 2 N–H and O–H groups in total. The first-order chi connectivity index (χ1) is 7.89. The third kappa shape index (κ3) is 2.23. The van der Waals surface area contributed by atoms with Crippen molar-refractivity contribution in [3.05, 3.63) is 35.8 Å². The zero-order chi connectivity index (χ0) is 12.6. The van der Waals surface area contributed by atoms with Crippen LogP contribution < -0.4 is 5.73 Å². The van der Waals surface area contributed by atoms with Gasteiger partial charge in [0, 0.05) is 24.5 Å². The molecule has 0 spiro atoms. The summed E-state index contributed by atoms with van der Waals surface area (Å²) in [5.74, 6) is 0. The lowest BCUT2D eigenvalue weighted by Crippen LogP contribution is -2.13. The van der Waals surface area contributed by atoms with Crippen LogP contribution in [0.2, 0.25) is 0 Å². The normalized spacial score (nSPS) is 11.9. The number of hydrogen-bond acceptors (Lipinski definition) is 2. The molecule has 7 heteroatoms. The van der Waals surface area contributed by atoms with E-state index in [-0.39, 0.29) is 17.1 Å². The predicted octanol–water partition coefficient (Wildman–Crippen LogP) is 2.18. The summed E-state index contributed by atoms with van der Waals surface area (Å²) in [7, 11) is 0. The van der Waals surface area contributed by atoms with Crippen molar-refractivity contribution in [2.24, 2.45) is 5.73 Å². The highest BCUT2D eigenvalue weighted by molar-refractivity contribution is 7.80. The third-order valence-electron chi connectivity index (χ3n) is 2.27. The molecule has 0 atom stereocenters. The van der Waals surface area contributed by atoms with Crippen LogP contribution in [0.3, 0.4) is 0 Å². The number of halogens is 3. The van der Waals surface area contributed by atoms with Crippen molar-refractivity contribution in [1.82, 2.24) is 9.38 Å². The summed E-state index contributed by atoms with van der Waals surface area (Å²) in [6, 6.07) is 2.31. The van der Waals surface area contributed by atoms with Gasteiger partial charge in [-0.2, -0.15) is 13.2 Å². The molecule has 2 rings (SSSR count). The molecule has 17 heavy (non-hydrogen) atoms. The Morgan fingerprint density at radius 1 is 1.47 bits per heavy atom. The number of imidazole rings is 1. The van der Waals surface area contributed by atoms with E-state index in [1.54, 1.807) is 0 Å². The van der Waals surface area contributed by atoms with E-state index in [2.05, 4.69) is 4.98 Å². The van der Waals surface area contributed by atoms with Crippen LogP contribution in [0, 0.1) is 0 Å². The predicted molar refractivity (Wildman–Crippen MR) is 60.7 cm³/mol. The molecule has 0 aliphatic carbocycles. The minimum absolute atomic E-state index is 0.133. The lowest BCUT2D eigenvalue weighted by molar-refractivity contribution is -0.136. The van der Waals surface area contributed by atoms with Gasteiger partial charge in [0.05, 0.1) is 10.6 Å². The van der Waals surface area contributed by atoms with Crippen LogP contribution in [0.1, 0.15) is 11.3 Å². The number of rotatable bonds is 2. The zero-order valence-electron chi connectivity index (χ0n) is 8.53. The van der Waals surface area contributed by atoms with Crippen molar-refractivity contribution in [3.8, 4) is 0 Å². The Balaban J connectivity index is 2.61. The van der Waals surface area contributed by atoms with Crippen LogP contribution in [0.25, 0.3) is 5.65 Å². The van der Waals surface area contributed by atoms with Gasteiger partial charge in [-0.05, 0) is 12.1 Å². The van der Waals surface area contributed by atoms with Gasteiger partial charge in [-0.25, -0.2) is 4.98 Å². The van der Waals surface area contributed by atoms with E-state index in [0.717, 1.165) is 6.07 Å². The summed E-state index contributed by atoms with van der Waals surface area (Å²) in [5.41, 5.74) is 5.00. The first kappa shape index (κ1) is 11.8. The number of aromatic nitrogens is 2. The highest BCUT2D eigenvalue weighted by Gasteiger charge is 2.33. The van der Waals surface area contributed by atoms with Crippen LogP contribution >= 0.6 is 12.2 Å². The lowest BCUT2D eigenvalue weighted by Gasteiger charge is -2.08. The highest BCUT2D eigenvalue weighted by Crippen LogP contribution is 2.32. The fourth-order valence-corrected chi connectivity index (χ4v) is 1.74. The summed E-state index contributed by atoms with van der Waals surface area (Å²) in [6.07, 6.45) is -1.35. The number of alkyl halides is 3. The Hall–Kier alpha value is -1.63. The highest BCUT2D eigenvalue weighted by atomic mass is 32.1. The van der Waals surface area contributed by atoms with Gasteiger partial charge in [0.1, 0.15) is 5.65 Å². The maximum atomic E-state index is 12.7. The molecule has 0 unspecified atom stereocenters. The van der Waals surface area contributed by atoms with Gasteiger partial charge < -0.3 is 10.1 Å². The topological polar surface area (TPSA) is 43.3 Å². The Morgan fingerprint density at radius 2 is 2.18 bits per heavy atom. The average Bonchev–Trinajstić information content (AvgIpc) is 2.59. The van der Waals surface area contributed by atoms with Gasteiger partial charge in [-0.1, -0.05) is 12.2 Å². The Morgan fingerprint density at radius 3 is 2.76 bits per heavy atom. The summed E-state index contributed by atoms with van der Waals surface area (Å²) in [4.78, 5) is 3.98. The SMILES string of the molecule is NC(=S)Cc1cnc2c(C(F)(F)F)cccn12. The number of hydrogen-bond donors (Lipinski definition) is 1. The van der Waals surface area contributed by atoms with Crippen molar-refractivity contribution in [3.63, 3.8) is 0 Å². The van der Waals surface area contributed by atoms with Crippen LogP contribution in [-0.2, 0) is 12.6 Å². The van der Waals surface area contributed by atoms with Crippen molar-refractivity contribution in [1.29, 1.82) is 0 Å². The van der Waals surface area contributed by atoms with E-state index >= 15 is 0 Å². The van der Waals surface area contributed by atoms with E-state index < -0.39 is 11.7 Å². The lowest BCUT2D eigenvalue weighted by atomic mass is 10.2. The molecule has 90 valence electrons. The first-order valence-electron chi connectivity index (χ1n) is 4.70. The maximum Gasteiger partial charge on any atom is 0.419 e. The van der Waals surface area contributed by atoms with E-state index in [1.165, 1.54) is 22.9 Å². The molecule has 0 fully saturated rings. The van der Waals surface area contributed by atoms with Crippen molar-refractivity contribution in [2.45, 2.75) is 12.6 Å².